The van der Waals surface area contributed by atoms with Crippen molar-refractivity contribution in [2.75, 3.05) is 13.2 Å². The smallest absolute Gasteiger partial charge is 0.122 e. The van der Waals surface area contributed by atoms with Crippen LogP contribution in [0.5, 0.6) is 11.5 Å². The third-order valence-corrected chi connectivity index (χ3v) is 1.60. The third-order valence-electron chi connectivity index (χ3n) is 1.60. The summed E-state index contributed by atoms with van der Waals surface area (Å²) in [6, 6.07) is 5.43. The first-order valence-electron chi connectivity index (χ1n) is 4.43. The molecule has 0 aliphatic carbocycles. The van der Waals surface area contributed by atoms with E-state index in [1.165, 1.54) is 0 Å². The predicted molar refractivity (Wildman–Crippen MR) is 54.2 cm³/mol. The minimum atomic E-state index is 0.611. The first-order valence-corrected chi connectivity index (χ1v) is 4.43. The lowest BCUT2D eigenvalue weighted by molar-refractivity contribution is 0.325. The molecule has 1 aromatic carbocycles. The summed E-state index contributed by atoms with van der Waals surface area (Å²) in [7, 11) is 5.69. The van der Waals surface area contributed by atoms with E-state index in [2.05, 4.69) is 0 Å². The summed E-state index contributed by atoms with van der Waals surface area (Å²) >= 11 is 0. The van der Waals surface area contributed by atoms with E-state index in [1.54, 1.807) is 6.07 Å². The van der Waals surface area contributed by atoms with Gasteiger partial charge in [0.1, 0.15) is 19.3 Å². The van der Waals surface area contributed by atoms with Crippen LogP contribution in [-0.4, -0.2) is 21.1 Å². The lowest BCUT2D eigenvalue weighted by atomic mass is 9.95. The number of hydrogen-bond donors (Lipinski definition) is 0. The molecule has 0 fully saturated rings. The number of benzene rings is 1. The van der Waals surface area contributed by atoms with Crippen LogP contribution in [0.2, 0.25) is 0 Å². The molecule has 0 aliphatic heterocycles. The van der Waals surface area contributed by atoms with Gasteiger partial charge in [-0.3, -0.25) is 0 Å². The largest absolute Gasteiger partial charge is 0.494 e. The fraction of sp³-hybridized carbons (Fsp3) is 0.400. The van der Waals surface area contributed by atoms with Crippen LogP contribution in [0.4, 0.5) is 0 Å². The Balaban J connectivity index is 2.83. The molecular weight excluding hydrogens is 163 g/mol. The number of ether oxygens (including phenoxy) is 2. The Labute approximate surface area is 80.3 Å². The van der Waals surface area contributed by atoms with E-state index in [0.29, 0.717) is 24.4 Å². The van der Waals surface area contributed by atoms with Crippen molar-refractivity contribution in [3.63, 3.8) is 0 Å². The molecule has 0 unspecified atom stereocenters. The van der Waals surface area contributed by atoms with Gasteiger partial charge >= 0.3 is 0 Å². The van der Waals surface area contributed by atoms with Crippen molar-refractivity contribution in [2.45, 2.75) is 13.8 Å². The van der Waals surface area contributed by atoms with E-state index in [9.17, 15) is 0 Å². The number of hydrogen-bond acceptors (Lipinski definition) is 2. The fourth-order valence-corrected chi connectivity index (χ4v) is 1.05. The van der Waals surface area contributed by atoms with Crippen LogP contribution < -0.4 is 14.9 Å². The Morgan fingerprint density at radius 1 is 1.15 bits per heavy atom. The van der Waals surface area contributed by atoms with E-state index in [4.69, 9.17) is 17.3 Å². The van der Waals surface area contributed by atoms with Gasteiger partial charge in [-0.15, -0.1) is 0 Å². The summed E-state index contributed by atoms with van der Waals surface area (Å²) < 4.78 is 10.6. The SMILES string of the molecule is [B]c1ccc(OCC)cc1OCC. The van der Waals surface area contributed by atoms with Crippen molar-refractivity contribution in [3.8, 4) is 11.5 Å². The van der Waals surface area contributed by atoms with Gasteiger partial charge in [-0.25, -0.2) is 0 Å². The fourth-order valence-electron chi connectivity index (χ4n) is 1.05. The van der Waals surface area contributed by atoms with Crippen LogP contribution >= 0.6 is 0 Å². The van der Waals surface area contributed by atoms with Crippen LogP contribution in [-0.2, 0) is 0 Å². The van der Waals surface area contributed by atoms with Gasteiger partial charge in [0, 0.05) is 6.07 Å². The molecule has 68 valence electrons. The quantitative estimate of drug-likeness (QED) is 0.643. The Morgan fingerprint density at radius 2 is 1.85 bits per heavy atom. The molecule has 0 aromatic heterocycles. The first kappa shape index (κ1) is 9.97. The highest BCUT2D eigenvalue weighted by molar-refractivity contribution is 6.34. The second-order valence-electron chi connectivity index (χ2n) is 2.57. The van der Waals surface area contributed by atoms with Crippen molar-refractivity contribution in [1.82, 2.24) is 0 Å². The van der Waals surface area contributed by atoms with E-state index in [-0.39, 0.29) is 0 Å². The second-order valence-corrected chi connectivity index (χ2v) is 2.57. The Kier molecular flexibility index (Phi) is 3.68. The molecule has 1 aromatic rings. The van der Waals surface area contributed by atoms with Gasteiger partial charge < -0.3 is 9.47 Å². The van der Waals surface area contributed by atoms with E-state index in [0.717, 1.165) is 5.75 Å². The molecule has 0 N–H and O–H groups in total. The maximum atomic E-state index is 5.69. The average Bonchev–Trinajstić information content (AvgIpc) is 2.12. The normalized spacial score (nSPS) is 9.69. The molecular formula is C10H13BO2. The molecule has 13 heavy (non-hydrogen) atoms. The zero-order valence-corrected chi connectivity index (χ0v) is 8.04. The second kappa shape index (κ2) is 4.80. The molecule has 2 nitrogen and oxygen atoms in total. The third kappa shape index (κ3) is 2.69. The lowest BCUT2D eigenvalue weighted by Crippen LogP contribution is -2.09. The van der Waals surface area contributed by atoms with E-state index < -0.39 is 0 Å². The highest BCUT2D eigenvalue weighted by Crippen LogP contribution is 2.16. The topological polar surface area (TPSA) is 18.5 Å². The van der Waals surface area contributed by atoms with Gasteiger partial charge in [0.2, 0.25) is 0 Å². The van der Waals surface area contributed by atoms with Gasteiger partial charge in [-0.05, 0) is 19.9 Å². The highest BCUT2D eigenvalue weighted by Gasteiger charge is 2.00. The molecule has 0 atom stereocenters. The van der Waals surface area contributed by atoms with Crippen LogP contribution in [0.25, 0.3) is 0 Å². The van der Waals surface area contributed by atoms with Crippen molar-refractivity contribution in [1.29, 1.82) is 0 Å². The Morgan fingerprint density at radius 3 is 2.46 bits per heavy atom. The number of rotatable bonds is 4. The monoisotopic (exact) mass is 176 g/mol. The zero-order chi connectivity index (χ0) is 9.68. The van der Waals surface area contributed by atoms with Gasteiger partial charge in [0.25, 0.3) is 0 Å². The summed E-state index contributed by atoms with van der Waals surface area (Å²) in [6.07, 6.45) is 0. The van der Waals surface area contributed by atoms with Crippen LogP contribution in [0.1, 0.15) is 13.8 Å². The van der Waals surface area contributed by atoms with Crippen molar-refractivity contribution in [3.05, 3.63) is 18.2 Å². The maximum absolute atomic E-state index is 5.69. The maximum Gasteiger partial charge on any atom is 0.122 e. The highest BCUT2D eigenvalue weighted by atomic mass is 16.5. The minimum Gasteiger partial charge on any atom is -0.494 e. The van der Waals surface area contributed by atoms with Gasteiger partial charge in [-0.2, -0.15) is 0 Å². The van der Waals surface area contributed by atoms with E-state index >= 15 is 0 Å². The van der Waals surface area contributed by atoms with Crippen LogP contribution in [0.3, 0.4) is 0 Å². The van der Waals surface area contributed by atoms with Crippen molar-refractivity contribution < 1.29 is 9.47 Å². The molecule has 0 spiro atoms. The van der Waals surface area contributed by atoms with Crippen LogP contribution in [0.15, 0.2) is 18.2 Å². The molecule has 0 heterocycles. The molecule has 1 rings (SSSR count). The Hall–Kier alpha value is -1.12. The molecule has 2 radical (unpaired) electrons. The predicted octanol–water partition coefficient (Wildman–Crippen LogP) is 1.28. The molecule has 0 saturated heterocycles. The molecule has 0 saturated carbocycles. The standard InChI is InChI=1S/C10H13BO2/c1-3-12-8-5-6-9(11)10(7-8)13-4-2/h5-7H,3-4H2,1-2H3. The summed E-state index contributed by atoms with van der Waals surface area (Å²) in [5, 5.41) is 0. The van der Waals surface area contributed by atoms with Crippen molar-refractivity contribution >= 4 is 13.3 Å². The molecule has 0 bridgehead atoms. The minimum absolute atomic E-state index is 0.611. The van der Waals surface area contributed by atoms with Gasteiger partial charge in [-0.1, -0.05) is 11.5 Å². The van der Waals surface area contributed by atoms with Crippen molar-refractivity contribution in [2.24, 2.45) is 0 Å². The van der Waals surface area contributed by atoms with Gasteiger partial charge in [0.05, 0.1) is 13.2 Å². The summed E-state index contributed by atoms with van der Waals surface area (Å²) in [5.74, 6) is 1.48. The molecule has 3 heteroatoms. The van der Waals surface area contributed by atoms with Crippen LogP contribution in [0, 0.1) is 0 Å². The average molecular weight is 176 g/mol. The summed E-state index contributed by atoms with van der Waals surface area (Å²) in [4.78, 5) is 0. The first-order chi connectivity index (χ1) is 6.27. The van der Waals surface area contributed by atoms with E-state index in [1.807, 2.05) is 26.0 Å². The Bertz CT molecular complexity index is 274. The zero-order valence-electron chi connectivity index (χ0n) is 8.04. The summed E-state index contributed by atoms with van der Waals surface area (Å²) in [5.41, 5.74) is 0.644. The molecule has 0 amide bonds. The van der Waals surface area contributed by atoms with Gasteiger partial charge in [0.15, 0.2) is 0 Å². The lowest BCUT2D eigenvalue weighted by Gasteiger charge is -2.09. The summed E-state index contributed by atoms with van der Waals surface area (Å²) in [6.45, 7) is 5.12. The molecule has 0 aliphatic rings.